The molecule has 1 aliphatic rings. The molecule has 0 atom stereocenters. The van der Waals surface area contributed by atoms with Crippen LogP contribution in [0.4, 0.5) is 0 Å². The number of imidazole rings is 1. The maximum atomic E-state index is 13.3. The Bertz CT molecular complexity index is 1120. The van der Waals surface area contributed by atoms with Crippen LogP contribution in [0.25, 0.3) is 17.1 Å². The molecule has 5 rings (SSSR count). The molecule has 6 nitrogen and oxygen atoms in total. The molecule has 4 aromatic rings. The Balaban J connectivity index is 1.43. The highest BCUT2D eigenvalue weighted by molar-refractivity contribution is 5.97. The van der Waals surface area contributed by atoms with Gasteiger partial charge in [0.15, 0.2) is 0 Å². The molecule has 0 aliphatic carbocycles. The zero-order chi connectivity index (χ0) is 18.9. The standard InChI is InChI=1S/C22H19N5O/c28-22(17-9-4-5-10-20(17)27-13-6-12-23-27)26-14-11-18-19(15-26)25-21(24-18)16-7-2-1-3-8-16/h1-10,12-13H,11,14-15H2,(H,24,25). The second kappa shape index (κ2) is 6.81. The predicted octanol–water partition coefficient (Wildman–Crippen LogP) is 3.46. The number of H-pyrrole nitrogens is 1. The second-order valence-electron chi connectivity index (χ2n) is 6.82. The molecule has 1 aliphatic heterocycles. The topological polar surface area (TPSA) is 66.8 Å². The van der Waals surface area contributed by atoms with Crippen LogP contribution in [0.15, 0.2) is 73.1 Å². The van der Waals surface area contributed by atoms with Crippen LogP contribution in [0.5, 0.6) is 0 Å². The van der Waals surface area contributed by atoms with E-state index in [1.54, 1.807) is 10.9 Å². The van der Waals surface area contributed by atoms with Crippen LogP contribution in [0.1, 0.15) is 21.7 Å². The van der Waals surface area contributed by atoms with Gasteiger partial charge in [-0.25, -0.2) is 9.67 Å². The Morgan fingerprint density at radius 2 is 1.82 bits per heavy atom. The van der Waals surface area contributed by atoms with Crippen LogP contribution >= 0.6 is 0 Å². The Hall–Kier alpha value is -3.67. The number of aromatic amines is 1. The van der Waals surface area contributed by atoms with Gasteiger partial charge in [-0.1, -0.05) is 42.5 Å². The van der Waals surface area contributed by atoms with Crippen molar-refractivity contribution >= 4 is 5.91 Å². The number of para-hydroxylation sites is 1. The summed E-state index contributed by atoms with van der Waals surface area (Å²) in [5.74, 6) is 0.865. The van der Waals surface area contributed by atoms with Gasteiger partial charge in [-0.15, -0.1) is 0 Å². The average molecular weight is 369 g/mol. The van der Waals surface area contributed by atoms with Gasteiger partial charge in [0.2, 0.25) is 0 Å². The van der Waals surface area contributed by atoms with E-state index in [9.17, 15) is 4.79 Å². The Morgan fingerprint density at radius 1 is 1.00 bits per heavy atom. The summed E-state index contributed by atoms with van der Waals surface area (Å²) < 4.78 is 1.73. The molecule has 0 fully saturated rings. The number of hydrogen-bond donors (Lipinski definition) is 1. The van der Waals surface area contributed by atoms with Crippen LogP contribution in [0.2, 0.25) is 0 Å². The van der Waals surface area contributed by atoms with Gasteiger partial charge >= 0.3 is 0 Å². The van der Waals surface area contributed by atoms with E-state index in [2.05, 4.69) is 10.1 Å². The van der Waals surface area contributed by atoms with E-state index in [0.717, 1.165) is 34.9 Å². The number of nitrogens with one attached hydrogen (secondary N) is 1. The summed E-state index contributed by atoms with van der Waals surface area (Å²) in [6, 6.07) is 19.5. The highest BCUT2D eigenvalue weighted by Crippen LogP contribution is 2.24. The van der Waals surface area contributed by atoms with Gasteiger partial charge in [0, 0.05) is 30.9 Å². The Morgan fingerprint density at radius 3 is 2.64 bits per heavy atom. The summed E-state index contributed by atoms with van der Waals surface area (Å²) in [4.78, 5) is 23.3. The molecule has 0 saturated carbocycles. The molecular weight excluding hydrogens is 350 g/mol. The van der Waals surface area contributed by atoms with Crippen molar-refractivity contribution in [2.75, 3.05) is 6.54 Å². The molecule has 2 aromatic heterocycles. The molecule has 138 valence electrons. The number of hydrogen-bond acceptors (Lipinski definition) is 3. The molecule has 0 saturated heterocycles. The summed E-state index contributed by atoms with van der Waals surface area (Å²) in [6.07, 6.45) is 4.31. The van der Waals surface area contributed by atoms with Crippen molar-refractivity contribution < 1.29 is 4.79 Å². The number of carbonyl (C=O) groups is 1. The van der Waals surface area contributed by atoms with Crippen molar-refractivity contribution in [1.82, 2.24) is 24.6 Å². The first-order chi connectivity index (χ1) is 13.8. The van der Waals surface area contributed by atoms with Crippen molar-refractivity contribution in [3.63, 3.8) is 0 Å². The van der Waals surface area contributed by atoms with E-state index in [0.29, 0.717) is 18.7 Å². The van der Waals surface area contributed by atoms with Crippen molar-refractivity contribution in [2.45, 2.75) is 13.0 Å². The molecule has 1 N–H and O–H groups in total. The number of benzene rings is 2. The fourth-order valence-corrected chi connectivity index (χ4v) is 3.64. The van der Waals surface area contributed by atoms with Crippen LogP contribution in [-0.4, -0.2) is 37.1 Å². The van der Waals surface area contributed by atoms with Crippen molar-refractivity contribution in [3.8, 4) is 17.1 Å². The number of aromatic nitrogens is 4. The zero-order valence-electron chi connectivity index (χ0n) is 15.2. The maximum absolute atomic E-state index is 13.3. The van der Waals surface area contributed by atoms with E-state index < -0.39 is 0 Å². The van der Waals surface area contributed by atoms with Crippen molar-refractivity contribution in [1.29, 1.82) is 0 Å². The minimum absolute atomic E-state index is 0.00705. The first-order valence-corrected chi connectivity index (χ1v) is 9.31. The number of rotatable bonds is 3. The monoisotopic (exact) mass is 369 g/mol. The summed E-state index contributed by atoms with van der Waals surface area (Å²) >= 11 is 0. The fourth-order valence-electron chi connectivity index (χ4n) is 3.64. The molecule has 0 radical (unpaired) electrons. The first-order valence-electron chi connectivity index (χ1n) is 9.31. The van der Waals surface area contributed by atoms with Gasteiger partial charge in [0.25, 0.3) is 5.91 Å². The predicted molar refractivity (Wildman–Crippen MR) is 106 cm³/mol. The van der Waals surface area contributed by atoms with Gasteiger partial charge in [-0.3, -0.25) is 4.79 Å². The zero-order valence-corrected chi connectivity index (χ0v) is 15.2. The van der Waals surface area contributed by atoms with Gasteiger partial charge in [0.05, 0.1) is 29.2 Å². The molecule has 0 spiro atoms. The van der Waals surface area contributed by atoms with E-state index in [1.165, 1.54) is 0 Å². The second-order valence-corrected chi connectivity index (χ2v) is 6.82. The minimum Gasteiger partial charge on any atom is -0.340 e. The first kappa shape index (κ1) is 16.5. The highest BCUT2D eigenvalue weighted by atomic mass is 16.2. The van der Waals surface area contributed by atoms with E-state index >= 15 is 0 Å². The van der Waals surface area contributed by atoms with E-state index in [1.807, 2.05) is 71.8 Å². The molecule has 0 bridgehead atoms. The molecule has 6 heteroatoms. The Kier molecular flexibility index (Phi) is 4.01. The number of carbonyl (C=O) groups excluding carboxylic acids is 1. The summed E-state index contributed by atoms with van der Waals surface area (Å²) in [5, 5.41) is 4.28. The fraction of sp³-hybridized carbons (Fsp3) is 0.136. The van der Waals surface area contributed by atoms with E-state index in [4.69, 9.17) is 4.98 Å². The molecular formula is C22H19N5O. The lowest BCUT2D eigenvalue weighted by molar-refractivity contribution is 0.0732. The molecule has 28 heavy (non-hydrogen) atoms. The van der Waals surface area contributed by atoms with Gasteiger partial charge in [-0.2, -0.15) is 5.10 Å². The molecule has 3 heterocycles. The summed E-state index contributed by atoms with van der Waals surface area (Å²) in [6.45, 7) is 1.18. The van der Waals surface area contributed by atoms with Crippen LogP contribution in [0, 0.1) is 0 Å². The molecule has 1 amide bonds. The van der Waals surface area contributed by atoms with Gasteiger partial charge in [-0.05, 0) is 18.2 Å². The number of amides is 1. The quantitative estimate of drug-likeness (QED) is 0.601. The highest BCUT2D eigenvalue weighted by Gasteiger charge is 2.26. The SMILES string of the molecule is O=C(c1ccccc1-n1cccn1)N1CCc2nc(-c3ccccc3)[nH]c2C1. The minimum atomic E-state index is 0.00705. The third kappa shape index (κ3) is 2.89. The average Bonchev–Trinajstić information content (AvgIpc) is 3.43. The van der Waals surface area contributed by atoms with Crippen LogP contribution < -0.4 is 0 Å². The molecule has 2 aromatic carbocycles. The van der Waals surface area contributed by atoms with E-state index in [-0.39, 0.29) is 5.91 Å². The third-order valence-corrected chi connectivity index (χ3v) is 5.05. The summed E-state index contributed by atoms with van der Waals surface area (Å²) in [7, 11) is 0. The Labute approximate surface area is 162 Å². The van der Waals surface area contributed by atoms with Gasteiger partial charge < -0.3 is 9.88 Å². The lowest BCUT2D eigenvalue weighted by atomic mass is 10.1. The third-order valence-electron chi connectivity index (χ3n) is 5.05. The summed E-state index contributed by atoms with van der Waals surface area (Å²) in [5.41, 5.74) is 4.55. The lowest BCUT2D eigenvalue weighted by Crippen LogP contribution is -2.36. The number of nitrogens with zero attached hydrogens (tertiary/aromatic N) is 4. The maximum Gasteiger partial charge on any atom is 0.256 e. The van der Waals surface area contributed by atoms with Gasteiger partial charge in [0.1, 0.15) is 5.82 Å². The molecule has 0 unspecified atom stereocenters. The number of fused-ring (bicyclic) bond motifs is 1. The van der Waals surface area contributed by atoms with Crippen molar-refractivity contribution in [3.05, 3.63) is 90.0 Å². The van der Waals surface area contributed by atoms with Crippen LogP contribution in [-0.2, 0) is 13.0 Å². The normalized spacial score (nSPS) is 13.4. The smallest absolute Gasteiger partial charge is 0.256 e. The largest absolute Gasteiger partial charge is 0.340 e. The van der Waals surface area contributed by atoms with Crippen LogP contribution in [0.3, 0.4) is 0 Å². The lowest BCUT2D eigenvalue weighted by Gasteiger charge is -2.27. The van der Waals surface area contributed by atoms with Crippen molar-refractivity contribution in [2.24, 2.45) is 0 Å².